The molecule has 1 rings (SSSR count). The molecule has 1 atom stereocenters. The number of aliphatic hydroxyl groups excluding tert-OH is 1. The van der Waals surface area contributed by atoms with E-state index in [4.69, 9.17) is 9.84 Å². The number of ether oxygens (including phenoxy) is 1. The van der Waals surface area contributed by atoms with Crippen LogP contribution in [0.4, 0.5) is 4.79 Å². The van der Waals surface area contributed by atoms with Crippen LogP contribution >= 0.6 is 0 Å². The number of urea groups is 1. The lowest BCUT2D eigenvalue weighted by atomic mass is 10.2. The van der Waals surface area contributed by atoms with Crippen LogP contribution in [0.15, 0.2) is 24.3 Å². The van der Waals surface area contributed by atoms with Crippen LogP contribution in [0, 0.1) is 12.8 Å². The minimum Gasteiger partial charge on any atom is -0.494 e. The zero-order valence-corrected chi connectivity index (χ0v) is 12.9. The Bertz CT molecular complexity index is 406. The first-order valence-electron chi connectivity index (χ1n) is 7.44. The summed E-state index contributed by atoms with van der Waals surface area (Å²) >= 11 is 0. The van der Waals surface area contributed by atoms with Crippen molar-refractivity contribution < 1.29 is 14.6 Å². The van der Waals surface area contributed by atoms with Crippen molar-refractivity contribution in [2.45, 2.75) is 26.7 Å². The molecule has 2 amide bonds. The Morgan fingerprint density at radius 1 is 1.24 bits per heavy atom. The molecule has 5 nitrogen and oxygen atoms in total. The molecule has 0 aliphatic rings. The summed E-state index contributed by atoms with van der Waals surface area (Å²) in [6.45, 7) is 5.75. The molecule has 3 N–H and O–H groups in total. The highest BCUT2D eigenvalue weighted by Gasteiger charge is 2.03. The van der Waals surface area contributed by atoms with E-state index in [9.17, 15) is 4.79 Å². The number of aliphatic hydroxyl groups is 1. The fourth-order valence-electron chi connectivity index (χ4n) is 1.65. The third-order valence-electron chi connectivity index (χ3n) is 3.07. The second-order valence-corrected chi connectivity index (χ2v) is 5.29. The summed E-state index contributed by atoms with van der Waals surface area (Å²) in [5, 5.41) is 14.3. The van der Waals surface area contributed by atoms with E-state index in [1.165, 1.54) is 5.56 Å². The van der Waals surface area contributed by atoms with Gasteiger partial charge in [-0.1, -0.05) is 24.6 Å². The van der Waals surface area contributed by atoms with Crippen LogP contribution in [-0.4, -0.2) is 37.4 Å². The van der Waals surface area contributed by atoms with E-state index < -0.39 is 0 Å². The first-order chi connectivity index (χ1) is 10.1. The molecule has 0 aliphatic heterocycles. The lowest BCUT2D eigenvalue weighted by Gasteiger charge is -2.11. The Morgan fingerprint density at radius 2 is 1.95 bits per heavy atom. The molecule has 0 fully saturated rings. The van der Waals surface area contributed by atoms with Crippen LogP contribution in [0.2, 0.25) is 0 Å². The molecule has 1 aromatic carbocycles. The van der Waals surface area contributed by atoms with Crippen molar-refractivity contribution in [2.24, 2.45) is 5.92 Å². The van der Waals surface area contributed by atoms with Crippen molar-refractivity contribution in [1.29, 1.82) is 0 Å². The maximum absolute atomic E-state index is 11.4. The fourth-order valence-corrected chi connectivity index (χ4v) is 1.65. The summed E-state index contributed by atoms with van der Waals surface area (Å²) in [6.07, 6.45) is 1.76. The molecule has 0 aromatic heterocycles. The van der Waals surface area contributed by atoms with Gasteiger partial charge in [0.25, 0.3) is 0 Å². The number of carbonyl (C=O) groups is 1. The van der Waals surface area contributed by atoms with E-state index in [0.29, 0.717) is 19.7 Å². The Labute approximate surface area is 126 Å². The van der Waals surface area contributed by atoms with Gasteiger partial charge >= 0.3 is 6.03 Å². The summed E-state index contributed by atoms with van der Waals surface area (Å²) in [4.78, 5) is 11.4. The van der Waals surface area contributed by atoms with Gasteiger partial charge in [0.2, 0.25) is 0 Å². The van der Waals surface area contributed by atoms with Crippen molar-refractivity contribution in [3.8, 4) is 5.75 Å². The van der Waals surface area contributed by atoms with Crippen LogP contribution in [0.5, 0.6) is 5.75 Å². The first kappa shape index (κ1) is 17.3. The third-order valence-corrected chi connectivity index (χ3v) is 3.07. The summed E-state index contributed by atoms with van der Waals surface area (Å²) in [7, 11) is 0. The minimum absolute atomic E-state index is 0.0800. The van der Waals surface area contributed by atoms with Crippen molar-refractivity contribution >= 4 is 6.03 Å². The normalized spacial score (nSPS) is 11.8. The van der Waals surface area contributed by atoms with Gasteiger partial charge in [0.15, 0.2) is 0 Å². The Hall–Kier alpha value is -1.75. The topological polar surface area (TPSA) is 70.6 Å². The van der Waals surface area contributed by atoms with Crippen molar-refractivity contribution in [2.75, 3.05) is 26.3 Å². The molecular weight excluding hydrogens is 268 g/mol. The molecule has 0 saturated heterocycles. The first-order valence-corrected chi connectivity index (χ1v) is 7.44. The molecule has 0 aliphatic carbocycles. The van der Waals surface area contributed by atoms with Gasteiger partial charge in [0.1, 0.15) is 5.75 Å². The molecule has 1 unspecified atom stereocenters. The fraction of sp³-hybridized carbons (Fsp3) is 0.562. The predicted octanol–water partition coefficient (Wildman–Crippen LogP) is 2.08. The predicted molar refractivity (Wildman–Crippen MR) is 83.6 cm³/mol. The standard InChI is InChI=1S/C16H26N2O3/c1-13-5-7-15(8-6-13)21-10-4-3-9-17-16(20)18-11-14(2)12-19/h5-8,14,19H,3-4,9-12H2,1-2H3,(H2,17,18,20). The van der Waals surface area contributed by atoms with E-state index >= 15 is 0 Å². The lowest BCUT2D eigenvalue weighted by molar-refractivity contribution is 0.221. The summed E-state index contributed by atoms with van der Waals surface area (Å²) in [5.41, 5.74) is 1.22. The van der Waals surface area contributed by atoms with E-state index in [1.807, 2.05) is 38.1 Å². The number of benzene rings is 1. The van der Waals surface area contributed by atoms with Gasteiger partial charge in [-0.15, -0.1) is 0 Å². The molecule has 0 spiro atoms. The van der Waals surface area contributed by atoms with Gasteiger partial charge in [-0.2, -0.15) is 0 Å². The van der Waals surface area contributed by atoms with E-state index in [0.717, 1.165) is 18.6 Å². The number of hydrogen-bond donors (Lipinski definition) is 3. The highest BCUT2D eigenvalue weighted by molar-refractivity contribution is 5.73. The van der Waals surface area contributed by atoms with Gasteiger partial charge in [0.05, 0.1) is 6.61 Å². The van der Waals surface area contributed by atoms with Crippen LogP contribution in [0.1, 0.15) is 25.3 Å². The molecular formula is C16H26N2O3. The van der Waals surface area contributed by atoms with Gasteiger partial charge in [-0.25, -0.2) is 4.79 Å². The number of nitrogens with one attached hydrogen (secondary N) is 2. The Balaban J connectivity index is 1.99. The molecule has 0 bridgehead atoms. The quantitative estimate of drug-likeness (QED) is 0.611. The minimum atomic E-state index is -0.185. The smallest absolute Gasteiger partial charge is 0.314 e. The maximum Gasteiger partial charge on any atom is 0.314 e. The molecule has 0 saturated carbocycles. The molecule has 0 radical (unpaired) electrons. The maximum atomic E-state index is 11.4. The third kappa shape index (κ3) is 8.19. The van der Waals surface area contributed by atoms with Crippen LogP contribution in [0.25, 0.3) is 0 Å². The average molecular weight is 294 g/mol. The molecule has 5 heteroatoms. The van der Waals surface area contributed by atoms with Crippen molar-refractivity contribution in [3.05, 3.63) is 29.8 Å². The number of carbonyl (C=O) groups excluding carboxylic acids is 1. The lowest BCUT2D eigenvalue weighted by Crippen LogP contribution is -2.38. The average Bonchev–Trinajstić information content (AvgIpc) is 2.50. The molecule has 1 aromatic rings. The van der Waals surface area contributed by atoms with Crippen LogP contribution in [0.3, 0.4) is 0 Å². The van der Waals surface area contributed by atoms with E-state index in [1.54, 1.807) is 0 Å². The molecule has 118 valence electrons. The Morgan fingerprint density at radius 3 is 2.62 bits per heavy atom. The van der Waals surface area contributed by atoms with Gasteiger partial charge in [-0.05, 0) is 37.8 Å². The van der Waals surface area contributed by atoms with Crippen molar-refractivity contribution in [3.63, 3.8) is 0 Å². The summed E-state index contributed by atoms with van der Waals surface area (Å²) in [6, 6.07) is 7.78. The Kier molecular flexibility index (Phi) is 8.28. The number of unbranched alkanes of at least 4 members (excludes halogenated alkanes) is 1. The largest absolute Gasteiger partial charge is 0.494 e. The van der Waals surface area contributed by atoms with Crippen LogP contribution in [-0.2, 0) is 0 Å². The van der Waals surface area contributed by atoms with E-state index in [2.05, 4.69) is 10.6 Å². The summed E-state index contributed by atoms with van der Waals surface area (Å²) in [5.74, 6) is 0.961. The number of aryl methyl sites for hydroxylation is 1. The van der Waals surface area contributed by atoms with Gasteiger partial charge in [-0.3, -0.25) is 0 Å². The molecule has 21 heavy (non-hydrogen) atoms. The van der Waals surface area contributed by atoms with Gasteiger partial charge < -0.3 is 20.5 Å². The van der Waals surface area contributed by atoms with Crippen LogP contribution < -0.4 is 15.4 Å². The SMILES string of the molecule is Cc1ccc(OCCCCNC(=O)NCC(C)CO)cc1. The number of rotatable bonds is 9. The van der Waals surface area contributed by atoms with Crippen molar-refractivity contribution in [1.82, 2.24) is 10.6 Å². The summed E-state index contributed by atoms with van der Waals surface area (Å²) < 4.78 is 5.61. The van der Waals surface area contributed by atoms with E-state index in [-0.39, 0.29) is 18.6 Å². The number of hydrogen-bond acceptors (Lipinski definition) is 3. The van der Waals surface area contributed by atoms with Gasteiger partial charge in [0, 0.05) is 19.7 Å². The zero-order chi connectivity index (χ0) is 15.5. The zero-order valence-electron chi connectivity index (χ0n) is 12.9. The molecule has 0 heterocycles. The highest BCUT2D eigenvalue weighted by atomic mass is 16.5. The second-order valence-electron chi connectivity index (χ2n) is 5.29. The highest BCUT2D eigenvalue weighted by Crippen LogP contribution is 2.11. The number of amides is 2. The second kappa shape index (κ2) is 10.0. The monoisotopic (exact) mass is 294 g/mol.